The number of non-ortho nitro benzene ring substituents is 1. The molecule has 1 heterocycles. The minimum Gasteiger partial charge on any atom is -0.379 e. The van der Waals surface area contributed by atoms with Crippen LogP contribution in [-0.4, -0.2) is 30.0 Å². The lowest BCUT2D eigenvalue weighted by Gasteiger charge is -2.09. The minimum absolute atomic E-state index is 0.0107. The average molecular weight is 490 g/mol. The van der Waals surface area contributed by atoms with Crippen LogP contribution in [-0.2, 0) is 10.1 Å². The lowest BCUT2D eigenvalue weighted by atomic mass is 10.1. The first-order valence-electron chi connectivity index (χ1n) is 10.2. The molecule has 35 heavy (non-hydrogen) atoms. The van der Waals surface area contributed by atoms with Gasteiger partial charge in [0.05, 0.1) is 22.4 Å². The molecule has 4 aromatic rings. The molecule has 4 rings (SSSR count). The largest absolute Gasteiger partial charge is 0.379 e. The molecule has 0 bridgehead atoms. The molecular formula is C24H18N4O6S. The highest BCUT2D eigenvalue weighted by Crippen LogP contribution is 2.21. The molecule has 1 amide bonds. The van der Waals surface area contributed by atoms with Crippen LogP contribution in [0.25, 0.3) is 5.69 Å². The zero-order valence-corrected chi connectivity index (χ0v) is 18.8. The second kappa shape index (κ2) is 10.0. The van der Waals surface area contributed by atoms with Crippen molar-refractivity contribution < 1.29 is 22.3 Å². The molecule has 0 aliphatic carbocycles. The highest BCUT2D eigenvalue weighted by molar-refractivity contribution is 7.87. The number of aromatic nitrogens is 1. The number of hydrazone groups is 1. The van der Waals surface area contributed by atoms with Crippen molar-refractivity contribution in [1.29, 1.82) is 0 Å². The number of nitro groups is 1. The molecule has 0 saturated carbocycles. The number of amides is 1. The fourth-order valence-corrected chi connectivity index (χ4v) is 4.09. The van der Waals surface area contributed by atoms with E-state index in [2.05, 4.69) is 10.5 Å². The van der Waals surface area contributed by atoms with Gasteiger partial charge >= 0.3 is 10.1 Å². The topological polar surface area (TPSA) is 133 Å². The fourth-order valence-electron chi connectivity index (χ4n) is 3.17. The molecule has 11 heteroatoms. The lowest BCUT2D eigenvalue weighted by Crippen LogP contribution is -2.19. The number of carbonyl (C=O) groups is 1. The molecule has 10 nitrogen and oxygen atoms in total. The molecule has 176 valence electrons. The molecule has 0 aliphatic heterocycles. The number of para-hydroxylation sites is 1. The van der Waals surface area contributed by atoms with Crippen molar-refractivity contribution in [2.45, 2.75) is 4.90 Å². The molecule has 0 aliphatic rings. The van der Waals surface area contributed by atoms with Crippen molar-refractivity contribution in [2.24, 2.45) is 5.10 Å². The molecule has 1 N–H and O–H groups in total. The third-order valence-electron chi connectivity index (χ3n) is 4.81. The van der Waals surface area contributed by atoms with Crippen molar-refractivity contribution in [3.63, 3.8) is 0 Å². The van der Waals surface area contributed by atoms with E-state index in [1.165, 1.54) is 18.3 Å². The highest BCUT2D eigenvalue weighted by Gasteiger charge is 2.18. The van der Waals surface area contributed by atoms with Gasteiger partial charge in [-0.3, -0.25) is 14.9 Å². The van der Waals surface area contributed by atoms with Crippen LogP contribution in [0.2, 0.25) is 0 Å². The predicted molar refractivity (Wildman–Crippen MR) is 128 cm³/mol. The smallest absolute Gasteiger partial charge is 0.339 e. The van der Waals surface area contributed by atoms with E-state index in [9.17, 15) is 23.3 Å². The van der Waals surface area contributed by atoms with Gasteiger partial charge in [-0.05, 0) is 54.1 Å². The second-order valence-electron chi connectivity index (χ2n) is 7.17. The van der Waals surface area contributed by atoms with Gasteiger partial charge in [-0.1, -0.05) is 24.3 Å². The third-order valence-corrected chi connectivity index (χ3v) is 6.07. The summed E-state index contributed by atoms with van der Waals surface area (Å²) in [7, 11) is -4.21. The van der Waals surface area contributed by atoms with Crippen LogP contribution in [0.1, 0.15) is 15.9 Å². The number of rotatable bonds is 8. The van der Waals surface area contributed by atoms with Crippen LogP contribution >= 0.6 is 0 Å². The Kier molecular flexibility index (Phi) is 6.69. The van der Waals surface area contributed by atoms with E-state index in [4.69, 9.17) is 4.18 Å². The molecule has 0 fully saturated rings. The SMILES string of the molecule is O=C(N/N=C\c1cccc(OS(=O)(=O)c2ccc([N+](=O)[O-])cc2)c1)c1ccccc1-n1cccc1. The van der Waals surface area contributed by atoms with Crippen LogP contribution in [0.3, 0.4) is 0 Å². The molecule has 0 unspecified atom stereocenters. The summed E-state index contributed by atoms with van der Waals surface area (Å²) in [5.74, 6) is -0.407. The van der Waals surface area contributed by atoms with Crippen LogP contribution in [0.4, 0.5) is 5.69 Å². The Morgan fingerprint density at radius 3 is 2.40 bits per heavy atom. The monoisotopic (exact) mass is 490 g/mol. The van der Waals surface area contributed by atoms with Gasteiger partial charge in [0.25, 0.3) is 11.6 Å². The van der Waals surface area contributed by atoms with Gasteiger partial charge in [0.2, 0.25) is 0 Å². The maximum Gasteiger partial charge on any atom is 0.339 e. The zero-order chi connectivity index (χ0) is 24.8. The molecule has 0 saturated heterocycles. The summed E-state index contributed by atoms with van der Waals surface area (Å²) in [6.45, 7) is 0. The summed E-state index contributed by atoms with van der Waals surface area (Å²) in [5, 5.41) is 14.7. The molecule has 0 radical (unpaired) electrons. The summed E-state index contributed by atoms with van der Waals surface area (Å²) in [4.78, 5) is 22.5. The van der Waals surface area contributed by atoms with Gasteiger partial charge in [-0.15, -0.1) is 0 Å². The molecule has 3 aromatic carbocycles. The Labute approximate surface area is 200 Å². The fraction of sp³-hybridized carbons (Fsp3) is 0. The quantitative estimate of drug-likeness (QED) is 0.172. The summed E-state index contributed by atoms with van der Waals surface area (Å²) in [6.07, 6.45) is 5.00. The van der Waals surface area contributed by atoms with Gasteiger partial charge in [0.1, 0.15) is 10.6 Å². The summed E-state index contributed by atoms with van der Waals surface area (Å²) in [5.41, 5.74) is 3.81. The number of hydrogen-bond donors (Lipinski definition) is 1. The van der Waals surface area contributed by atoms with E-state index in [1.54, 1.807) is 24.3 Å². The van der Waals surface area contributed by atoms with Gasteiger partial charge in [-0.25, -0.2) is 5.43 Å². The third kappa shape index (κ3) is 5.60. The Morgan fingerprint density at radius 2 is 1.69 bits per heavy atom. The maximum atomic E-state index is 12.6. The second-order valence-corrected chi connectivity index (χ2v) is 8.71. The summed E-state index contributed by atoms with van der Waals surface area (Å²) >= 11 is 0. The first-order chi connectivity index (χ1) is 16.8. The van der Waals surface area contributed by atoms with Crippen molar-refractivity contribution in [2.75, 3.05) is 0 Å². The van der Waals surface area contributed by atoms with Gasteiger partial charge in [0.15, 0.2) is 0 Å². The van der Waals surface area contributed by atoms with Gasteiger partial charge in [-0.2, -0.15) is 13.5 Å². The number of nitrogens with one attached hydrogen (secondary N) is 1. The summed E-state index contributed by atoms with van der Waals surface area (Å²) in [6, 6.07) is 21.2. The normalized spacial score (nSPS) is 11.3. The van der Waals surface area contributed by atoms with E-state index in [0.717, 1.165) is 24.3 Å². The van der Waals surface area contributed by atoms with Crippen molar-refractivity contribution in [1.82, 2.24) is 9.99 Å². The Morgan fingerprint density at radius 1 is 0.971 bits per heavy atom. The van der Waals surface area contributed by atoms with Crippen LogP contribution < -0.4 is 9.61 Å². The number of nitrogens with zero attached hydrogens (tertiary/aromatic N) is 3. The van der Waals surface area contributed by atoms with E-state index in [1.807, 2.05) is 41.2 Å². The molecule has 0 spiro atoms. The van der Waals surface area contributed by atoms with Gasteiger partial charge < -0.3 is 8.75 Å². The highest BCUT2D eigenvalue weighted by atomic mass is 32.2. The first-order valence-corrected chi connectivity index (χ1v) is 11.6. The molecular weight excluding hydrogens is 472 g/mol. The van der Waals surface area contributed by atoms with Crippen LogP contribution in [0.15, 0.2) is 107 Å². The van der Waals surface area contributed by atoms with E-state index in [0.29, 0.717) is 16.8 Å². The standard InChI is InChI=1S/C24H18N4O6S/c29-24(22-8-1-2-9-23(22)27-14-3-4-15-27)26-25-17-18-6-5-7-20(16-18)34-35(32,33)21-12-10-19(11-13-21)28(30)31/h1-17H,(H,26,29)/b25-17-. The summed E-state index contributed by atoms with van der Waals surface area (Å²) < 4.78 is 31.9. The predicted octanol–water partition coefficient (Wildman–Crippen LogP) is 3.92. The van der Waals surface area contributed by atoms with Crippen molar-refractivity contribution in [3.8, 4) is 11.4 Å². The minimum atomic E-state index is -4.21. The number of carbonyl (C=O) groups excluding carboxylic acids is 1. The van der Waals surface area contributed by atoms with Crippen LogP contribution in [0.5, 0.6) is 5.75 Å². The average Bonchev–Trinajstić information content (AvgIpc) is 3.39. The number of nitro benzene ring substituents is 1. The van der Waals surface area contributed by atoms with E-state index in [-0.39, 0.29) is 16.3 Å². The number of benzene rings is 3. The van der Waals surface area contributed by atoms with Crippen molar-refractivity contribution in [3.05, 3.63) is 119 Å². The van der Waals surface area contributed by atoms with Gasteiger partial charge in [0, 0.05) is 24.5 Å². The Bertz CT molecular complexity index is 1500. The van der Waals surface area contributed by atoms with E-state index >= 15 is 0 Å². The maximum absolute atomic E-state index is 12.6. The zero-order valence-electron chi connectivity index (χ0n) is 18.0. The van der Waals surface area contributed by atoms with Crippen molar-refractivity contribution >= 4 is 27.9 Å². The molecule has 1 aromatic heterocycles. The van der Waals surface area contributed by atoms with E-state index < -0.39 is 20.9 Å². The Hall–Kier alpha value is -4.77. The first kappa shape index (κ1) is 23.4. The lowest BCUT2D eigenvalue weighted by molar-refractivity contribution is -0.384. The molecule has 0 atom stereocenters. The Balaban J connectivity index is 1.45. The number of hydrogen-bond acceptors (Lipinski definition) is 7. The van der Waals surface area contributed by atoms with Crippen LogP contribution in [0, 0.1) is 10.1 Å².